The summed E-state index contributed by atoms with van der Waals surface area (Å²) in [5, 5.41) is 0.848. The van der Waals surface area contributed by atoms with Gasteiger partial charge in [0.2, 0.25) is 0 Å². The Morgan fingerprint density at radius 1 is 0.944 bits per heavy atom. The zero-order valence-electron chi connectivity index (χ0n) is 9.37. The van der Waals surface area contributed by atoms with Crippen LogP contribution in [0.4, 0.5) is 14.5 Å². The summed E-state index contributed by atoms with van der Waals surface area (Å²) in [5.74, 6) is -1.14. The van der Waals surface area contributed by atoms with E-state index < -0.39 is 11.6 Å². The first-order valence-corrected chi connectivity index (χ1v) is 5.48. The van der Waals surface area contributed by atoms with Crippen LogP contribution in [-0.2, 0) is 0 Å². The number of fused-ring (bicyclic) bond motifs is 1. The number of benzene rings is 2. The lowest BCUT2D eigenvalue weighted by Crippen LogP contribution is -1.94. The predicted molar refractivity (Wildman–Crippen MR) is 68.1 cm³/mol. The van der Waals surface area contributed by atoms with Crippen LogP contribution in [0.25, 0.3) is 22.0 Å². The molecule has 3 rings (SSSR count). The molecule has 0 fully saturated rings. The maximum atomic E-state index is 13.9. The number of nitrogens with two attached hydrogens (primary N) is 1. The van der Waals surface area contributed by atoms with E-state index in [0.717, 1.165) is 23.0 Å². The lowest BCUT2D eigenvalue weighted by Gasteiger charge is -2.04. The average Bonchev–Trinajstić information content (AvgIpc) is 2.78. The van der Waals surface area contributed by atoms with Crippen molar-refractivity contribution in [2.24, 2.45) is 0 Å². The number of nitrogen functional groups attached to an aromatic ring is 1. The minimum Gasteiger partial charge on any atom is -0.396 e. The number of nitrogens with one attached hydrogen (secondary N) is 1. The van der Waals surface area contributed by atoms with Crippen molar-refractivity contribution in [3.05, 3.63) is 54.2 Å². The third kappa shape index (κ3) is 1.54. The molecule has 0 aliphatic carbocycles. The van der Waals surface area contributed by atoms with E-state index in [-0.39, 0.29) is 11.3 Å². The van der Waals surface area contributed by atoms with E-state index in [1.54, 1.807) is 6.20 Å². The summed E-state index contributed by atoms with van der Waals surface area (Å²) in [6.45, 7) is 0. The van der Waals surface area contributed by atoms with E-state index >= 15 is 0 Å². The lowest BCUT2D eigenvalue weighted by atomic mass is 10.0. The van der Waals surface area contributed by atoms with Crippen molar-refractivity contribution in [3.63, 3.8) is 0 Å². The van der Waals surface area contributed by atoms with Gasteiger partial charge in [-0.05, 0) is 12.1 Å². The molecule has 2 nitrogen and oxygen atoms in total. The summed E-state index contributed by atoms with van der Waals surface area (Å²) in [6, 6.07) is 9.60. The Morgan fingerprint density at radius 2 is 1.72 bits per heavy atom. The number of aromatic amines is 1. The van der Waals surface area contributed by atoms with E-state index in [1.807, 2.05) is 24.3 Å². The van der Waals surface area contributed by atoms with Crippen molar-refractivity contribution >= 4 is 16.6 Å². The van der Waals surface area contributed by atoms with Crippen LogP contribution in [0, 0.1) is 11.6 Å². The zero-order chi connectivity index (χ0) is 12.7. The molecule has 0 aliphatic heterocycles. The fourth-order valence-corrected chi connectivity index (χ4v) is 2.06. The molecule has 0 unspecified atom stereocenters. The molecule has 2 aromatic carbocycles. The molecule has 1 aromatic heterocycles. The van der Waals surface area contributed by atoms with E-state index in [1.165, 1.54) is 0 Å². The number of halogens is 2. The Bertz CT molecular complexity index is 732. The molecule has 18 heavy (non-hydrogen) atoms. The van der Waals surface area contributed by atoms with Gasteiger partial charge in [-0.3, -0.25) is 0 Å². The summed E-state index contributed by atoms with van der Waals surface area (Å²) in [7, 11) is 0. The largest absolute Gasteiger partial charge is 0.396 e. The topological polar surface area (TPSA) is 41.8 Å². The summed E-state index contributed by atoms with van der Waals surface area (Å²) < 4.78 is 27.3. The van der Waals surface area contributed by atoms with Gasteiger partial charge >= 0.3 is 0 Å². The second kappa shape index (κ2) is 3.84. The Kier molecular flexibility index (Phi) is 2.30. The normalized spacial score (nSPS) is 11.0. The van der Waals surface area contributed by atoms with Gasteiger partial charge in [0.1, 0.15) is 11.6 Å². The third-order valence-corrected chi connectivity index (χ3v) is 2.97. The Hall–Kier alpha value is -2.36. The number of hydrogen-bond donors (Lipinski definition) is 2. The van der Waals surface area contributed by atoms with Gasteiger partial charge in [-0.25, -0.2) is 8.78 Å². The monoisotopic (exact) mass is 244 g/mol. The Balaban J connectivity index is 2.29. The van der Waals surface area contributed by atoms with Crippen molar-refractivity contribution in [3.8, 4) is 11.1 Å². The average molecular weight is 244 g/mol. The van der Waals surface area contributed by atoms with Gasteiger partial charge in [-0.15, -0.1) is 0 Å². The van der Waals surface area contributed by atoms with Crippen LogP contribution in [0.5, 0.6) is 0 Å². The molecule has 3 aromatic rings. The fraction of sp³-hybridized carbons (Fsp3) is 0. The third-order valence-electron chi connectivity index (χ3n) is 2.97. The molecule has 90 valence electrons. The second-order valence-electron chi connectivity index (χ2n) is 4.10. The summed E-state index contributed by atoms with van der Waals surface area (Å²) >= 11 is 0. The minimum atomic E-state index is -0.614. The van der Waals surface area contributed by atoms with Crippen molar-refractivity contribution < 1.29 is 8.78 Å². The quantitative estimate of drug-likeness (QED) is 0.630. The highest BCUT2D eigenvalue weighted by atomic mass is 19.1. The molecule has 0 bridgehead atoms. The molecular weight excluding hydrogens is 234 g/mol. The van der Waals surface area contributed by atoms with E-state index in [2.05, 4.69) is 4.98 Å². The summed E-state index contributed by atoms with van der Waals surface area (Å²) in [4.78, 5) is 3.03. The van der Waals surface area contributed by atoms with Crippen molar-refractivity contribution in [1.29, 1.82) is 0 Å². The van der Waals surface area contributed by atoms with Crippen LogP contribution >= 0.6 is 0 Å². The number of para-hydroxylation sites is 1. The highest BCUT2D eigenvalue weighted by Crippen LogP contribution is 2.32. The van der Waals surface area contributed by atoms with E-state index in [4.69, 9.17) is 5.73 Å². The van der Waals surface area contributed by atoms with Crippen LogP contribution in [0.1, 0.15) is 0 Å². The van der Waals surface area contributed by atoms with Crippen LogP contribution in [-0.4, -0.2) is 4.98 Å². The molecule has 0 spiro atoms. The van der Waals surface area contributed by atoms with Crippen LogP contribution in [0.3, 0.4) is 0 Å². The van der Waals surface area contributed by atoms with Gasteiger partial charge in [-0.1, -0.05) is 18.2 Å². The first-order chi connectivity index (χ1) is 8.66. The standard InChI is InChI=1S/C14H10F2N2/c15-11-6-13(17)12(16)5-9(11)10-7-18-14-4-2-1-3-8(10)14/h1-7,18H,17H2. The number of aromatic nitrogens is 1. The number of H-pyrrole nitrogens is 1. The maximum Gasteiger partial charge on any atom is 0.146 e. The zero-order valence-corrected chi connectivity index (χ0v) is 9.37. The summed E-state index contributed by atoms with van der Waals surface area (Å²) in [5.41, 5.74) is 6.86. The molecule has 0 saturated carbocycles. The smallest absolute Gasteiger partial charge is 0.146 e. The first kappa shape index (κ1) is 10.8. The van der Waals surface area contributed by atoms with Gasteiger partial charge in [0.15, 0.2) is 0 Å². The number of rotatable bonds is 1. The molecule has 0 saturated heterocycles. The molecule has 4 heteroatoms. The van der Waals surface area contributed by atoms with Crippen molar-refractivity contribution in [2.45, 2.75) is 0 Å². The highest BCUT2D eigenvalue weighted by Gasteiger charge is 2.13. The van der Waals surface area contributed by atoms with E-state index in [0.29, 0.717) is 5.56 Å². The molecule has 3 N–H and O–H groups in total. The maximum absolute atomic E-state index is 13.9. The first-order valence-electron chi connectivity index (χ1n) is 5.48. The number of hydrogen-bond acceptors (Lipinski definition) is 1. The number of anilines is 1. The minimum absolute atomic E-state index is 0.184. The molecule has 0 atom stereocenters. The van der Waals surface area contributed by atoms with Gasteiger partial charge < -0.3 is 10.7 Å². The lowest BCUT2D eigenvalue weighted by molar-refractivity contribution is 0.607. The predicted octanol–water partition coefficient (Wildman–Crippen LogP) is 3.70. The molecule has 0 aliphatic rings. The molecule has 0 amide bonds. The van der Waals surface area contributed by atoms with Gasteiger partial charge in [-0.2, -0.15) is 0 Å². The van der Waals surface area contributed by atoms with Crippen LogP contribution in [0.2, 0.25) is 0 Å². The van der Waals surface area contributed by atoms with Crippen molar-refractivity contribution in [2.75, 3.05) is 5.73 Å². The van der Waals surface area contributed by atoms with Gasteiger partial charge in [0.05, 0.1) is 5.69 Å². The second-order valence-corrected chi connectivity index (χ2v) is 4.10. The fourth-order valence-electron chi connectivity index (χ4n) is 2.06. The Labute approximate surface area is 102 Å². The SMILES string of the molecule is Nc1cc(F)c(-c2c[nH]c3ccccc23)cc1F. The molecule has 1 heterocycles. The van der Waals surface area contributed by atoms with Crippen LogP contribution in [0.15, 0.2) is 42.6 Å². The van der Waals surface area contributed by atoms with Crippen molar-refractivity contribution in [1.82, 2.24) is 4.98 Å². The van der Waals surface area contributed by atoms with Gasteiger partial charge in [0, 0.05) is 34.3 Å². The Morgan fingerprint density at radius 3 is 2.56 bits per heavy atom. The van der Waals surface area contributed by atoms with E-state index in [9.17, 15) is 8.78 Å². The molecule has 0 radical (unpaired) electrons. The van der Waals surface area contributed by atoms with Gasteiger partial charge in [0.25, 0.3) is 0 Å². The van der Waals surface area contributed by atoms with Crippen LogP contribution < -0.4 is 5.73 Å². The highest BCUT2D eigenvalue weighted by molar-refractivity contribution is 5.95. The molecular formula is C14H10F2N2. The summed E-state index contributed by atoms with van der Waals surface area (Å²) in [6.07, 6.45) is 1.67.